The molecule has 0 unspecified atom stereocenters. The van der Waals surface area contributed by atoms with Crippen LogP contribution in [0.1, 0.15) is 22.2 Å². The molecule has 0 fully saturated rings. The number of fused-ring (bicyclic) bond motifs is 1. The van der Waals surface area contributed by atoms with Gasteiger partial charge in [-0.1, -0.05) is 24.3 Å². The lowest BCUT2D eigenvalue weighted by molar-refractivity contribution is -0.120. The van der Waals surface area contributed by atoms with Crippen molar-refractivity contribution in [2.45, 2.75) is 12.5 Å². The summed E-state index contributed by atoms with van der Waals surface area (Å²) >= 11 is 1.65. The van der Waals surface area contributed by atoms with E-state index in [9.17, 15) is 4.79 Å². The number of para-hydroxylation sites is 1. The number of primary amides is 1. The third-order valence-corrected chi connectivity index (χ3v) is 4.78. The van der Waals surface area contributed by atoms with Gasteiger partial charge in [0.15, 0.2) is 0 Å². The van der Waals surface area contributed by atoms with E-state index in [4.69, 9.17) is 11.0 Å². The highest BCUT2D eigenvalue weighted by Gasteiger charge is 2.17. The van der Waals surface area contributed by atoms with Crippen LogP contribution in [0.15, 0.2) is 48.5 Å². The van der Waals surface area contributed by atoms with Crippen LogP contribution < -0.4 is 11.1 Å². The first-order valence-corrected chi connectivity index (χ1v) is 8.36. The van der Waals surface area contributed by atoms with Crippen molar-refractivity contribution in [1.82, 2.24) is 10.3 Å². The predicted octanol–water partition coefficient (Wildman–Crippen LogP) is 2.53. The van der Waals surface area contributed by atoms with Crippen molar-refractivity contribution in [3.8, 4) is 6.07 Å². The molecule has 0 saturated heterocycles. The maximum absolute atomic E-state index is 11.7. The van der Waals surface area contributed by atoms with Crippen molar-refractivity contribution < 1.29 is 4.79 Å². The molecule has 0 aliphatic rings. The second-order valence-corrected chi connectivity index (χ2v) is 6.46. The number of hydrogen-bond acceptors (Lipinski definition) is 5. The normalized spacial score (nSPS) is 12.0. The van der Waals surface area contributed by atoms with Crippen LogP contribution in [0, 0.1) is 11.3 Å². The number of nitrogens with one attached hydrogen (secondary N) is 1. The van der Waals surface area contributed by atoms with Gasteiger partial charge in [-0.25, -0.2) is 4.98 Å². The number of nitrogens with two attached hydrogens (primary N) is 1. The molecule has 0 spiro atoms. The van der Waals surface area contributed by atoms with E-state index in [1.54, 1.807) is 35.6 Å². The van der Waals surface area contributed by atoms with Crippen molar-refractivity contribution >= 4 is 27.5 Å². The summed E-state index contributed by atoms with van der Waals surface area (Å²) in [4.78, 5) is 16.3. The Morgan fingerprint density at radius 1 is 1.25 bits per heavy atom. The average molecular weight is 336 g/mol. The summed E-state index contributed by atoms with van der Waals surface area (Å²) in [5.41, 5.74) is 7.80. The van der Waals surface area contributed by atoms with Gasteiger partial charge in [0.1, 0.15) is 6.04 Å². The van der Waals surface area contributed by atoms with Gasteiger partial charge < -0.3 is 11.1 Å². The summed E-state index contributed by atoms with van der Waals surface area (Å²) in [6.07, 6.45) is 0.722. The monoisotopic (exact) mass is 336 g/mol. The Balaban J connectivity index is 1.65. The van der Waals surface area contributed by atoms with Crippen LogP contribution in [-0.2, 0) is 11.2 Å². The maximum Gasteiger partial charge on any atom is 0.239 e. The summed E-state index contributed by atoms with van der Waals surface area (Å²) < 4.78 is 1.16. The van der Waals surface area contributed by atoms with E-state index in [1.807, 2.05) is 24.3 Å². The van der Waals surface area contributed by atoms with E-state index in [0.717, 1.165) is 27.2 Å². The number of benzene rings is 2. The van der Waals surface area contributed by atoms with Gasteiger partial charge in [-0.2, -0.15) is 5.26 Å². The molecule has 6 heteroatoms. The molecule has 1 heterocycles. The molecular weight excluding hydrogens is 320 g/mol. The molecule has 1 aromatic heterocycles. The summed E-state index contributed by atoms with van der Waals surface area (Å²) in [5.74, 6) is -0.441. The Labute approximate surface area is 143 Å². The van der Waals surface area contributed by atoms with Crippen LogP contribution in [-0.4, -0.2) is 17.4 Å². The van der Waals surface area contributed by atoms with Crippen molar-refractivity contribution in [3.63, 3.8) is 0 Å². The Hall–Kier alpha value is -2.75. The van der Waals surface area contributed by atoms with Gasteiger partial charge in [0.25, 0.3) is 0 Å². The zero-order chi connectivity index (χ0) is 16.9. The first kappa shape index (κ1) is 16.1. The molecule has 0 aliphatic carbocycles. The van der Waals surface area contributed by atoms with E-state index in [-0.39, 0.29) is 0 Å². The number of aromatic nitrogens is 1. The number of carbonyl (C=O) groups is 1. The quantitative estimate of drug-likeness (QED) is 0.723. The fraction of sp³-hybridized carbons (Fsp3) is 0.167. The van der Waals surface area contributed by atoms with Crippen molar-refractivity contribution in [2.75, 3.05) is 6.54 Å². The lowest BCUT2D eigenvalue weighted by Gasteiger charge is -2.15. The number of nitrogens with zero attached hydrogens (tertiary/aromatic N) is 2. The number of thiazole rings is 1. The lowest BCUT2D eigenvalue weighted by atomic mass is 10.0. The van der Waals surface area contributed by atoms with E-state index in [1.165, 1.54) is 0 Å². The number of rotatable bonds is 6. The molecule has 5 nitrogen and oxygen atoms in total. The first-order valence-electron chi connectivity index (χ1n) is 7.54. The van der Waals surface area contributed by atoms with Crippen molar-refractivity contribution in [2.24, 2.45) is 5.73 Å². The minimum Gasteiger partial charge on any atom is -0.368 e. The third kappa shape index (κ3) is 3.59. The van der Waals surface area contributed by atoms with Gasteiger partial charge >= 0.3 is 0 Å². The summed E-state index contributed by atoms with van der Waals surface area (Å²) in [6, 6.07) is 16.3. The fourth-order valence-electron chi connectivity index (χ4n) is 2.48. The lowest BCUT2D eigenvalue weighted by Crippen LogP contribution is -2.34. The third-order valence-electron chi connectivity index (χ3n) is 3.68. The average Bonchev–Trinajstić information content (AvgIpc) is 3.01. The molecule has 3 aromatic rings. The predicted molar refractivity (Wildman–Crippen MR) is 94.4 cm³/mol. The van der Waals surface area contributed by atoms with Crippen LogP contribution in [0.3, 0.4) is 0 Å². The standard InChI is InChI=1S/C18H16N4OS/c19-11-12-5-7-13(8-6-12)17(18(20)23)21-10-9-16-22-14-3-1-2-4-15(14)24-16/h1-8,17,21H,9-10H2,(H2,20,23)/t17-/m1/s1. The SMILES string of the molecule is N#Cc1ccc([C@@H](NCCc2nc3ccccc3s2)C(N)=O)cc1. The largest absolute Gasteiger partial charge is 0.368 e. The molecule has 1 amide bonds. The maximum atomic E-state index is 11.7. The highest BCUT2D eigenvalue weighted by molar-refractivity contribution is 7.18. The molecular formula is C18H16N4OS. The molecule has 3 rings (SSSR count). The van der Waals surface area contributed by atoms with Crippen LogP contribution in [0.25, 0.3) is 10.2 Å². The minimum absolute atomic E-state index is 0.441. The molecule has 0 saturated carbocycles. The molecule has 0 radical (unpaired) electrons. The number of nitriles is 1. The summed E-state index contributed by atoms with van der Waals surface area (Å²) in [5, 5.41) is 13.0. The van der Waals surface area contributed by atoms with Crippen LogP contribution >= 0.6 is 11.3 Å². The Bertz CT molecular complexity index is 862. The number of hydrogen-bond donors (Lipinski definition) is 2. The minimum atomic E-state index is -0.577. The molecule has 0 aliphatic heterocycles. The van der Waals surface area contributed by atoms with Gasteiger partial charge in [0, 0.05) is 13.0 Å². The van der Waals surface area contributed by atoms with E-state index in [0.29, 0.717) is 12.1 Å². The molecule has 24 heavy (non-hydrogen) atoms. The zero-order valence-electron chi connectivity index (χ0n) is 12.9. The van der Waals surface area contributed by atoms with Gasteiger partial charge in [0.2, 0.25) is 5.91 Å². The van der Waals surface area contributed by atoms with Crippen molar-refractivity contribution in [1.29, 1.82) is 5.26 Å². The smallest absolute Gasteiger partial charge is 0.239 e. The first-order chi connectivity index (χ1) is 11.7. The molecule has 1 atom stereocenters. The molecule has 0 bridgehead atoms. The fourth-order valence-corrected chi connectivity index (χ4v) is 3.45. The second kappa shape index (κ2) is 7.21. The van der Waals surface area contributed by atoms with E-state index in [2.05, 4.69) is 16.4 Å². The van der Waals surface area contributed by atoms with Gasteiger partial charge in [-0.15, -0.1) is 11.3 Å². The molecule has 120 valence electrons. The van der Waals surface area contributed by atoms with E-state index >= 15 is 0 Å². The summed E-state index contributed by atoms with van der Waals surface area (Å²) in [6.45, 7) is 0.591. The Morgan fingerprint density at radius 3 is 2.67 bits per heavy atom. The van der Waals surface area contributed by atoms with Crippen LogP contribution in [0.2, 0.25) is 0 Å². The number of carbonyl (C=O) groups excluding carboxylic acids is 1. The Kier molecular flexibility index (Phi) is 4.85. The van der Waals surface area contributed by atoms with Crippen LogP contribution in [0.5, 0.6) is 0 Å². The number of amides is 1. The highest BCUT2D eigenvalue weighted by Crippen LogP contribution is 2.22. The summed E-state index contributed by atoms with van der Waals surface area (Å²) in [7, 11) is 0. The molecule has 3 N–H and O–H groups in total. The van der Waals surface area contributed by atoms with Gasteiger partial charge in [0.05, 0.1) is 26.9 Å². The van der Waals surface area contributed by atoms with Crippen LogP contribution in [0.4, 0.5) is 0 Å². The Morgan fingerprint density at radius 2 is 2.00 bits per heavy atom. The zero-order valence-corrected chi connectivity index (χ0v) is 13.7. The van der Waals surface area contributed by atoms with Gasteiger partial charge in [-0.05, 0) is 29.8 Å². The highest BCUT2D eigenvalue weighted by atomic mass is 32.1. The second-order valence-electron chi connectivity index (χ2n) is 5.35. The molecule has 2 aromatic carbocycles. The van der Waals surface area contributed by atoms with E-state index < -0.39 is 11.9 Å². The van der Waals surface area contributed by atoms with Gasteiger partial charge in [-0.3, -0.25) is 4.79 Å². The topological polar surface area (TPSA) is 91.8 Å². The van der Waals surface area contributed by atoms with Crippen molar-refractivity contribution in [3.05, 3.63) is 64.7 Å².